The van der Waals surface area contributed by atoms with Crippen molar-refractivity contribution in [3.8, 4) is 5.75 Å². The van der Waals surface area contributed by atoms with Crippen LogP contribution in [0, 0.1) is 5.41 Å². The Kier molecular flexibility index (Phi) is 7.66. The third kappa shape index (κ3) is 5.68. The lowest BCUT2D eigenvalue weighted by Gasteiger charge is -2.21. The van der Waals surface area contributed by atoms with E-state index in [0.717, 1.165) is 5.56 Å². The number of amidine groups is 1. The number of esters is 1. The summed E-state index contributed by atoms with van der Waals surface area (Å²) in [5.74, 6) is -0.493. The summed E-state index contributed by atoms with van der Waals surface area (Å²) in [7, 11) is 0. The average Bonchev–Trinajstić information content (AvgIpc) is 2.90. The molecule has 0 bridgehead atoms. The normalized spacial score (nSPS) is 13.4. The minimum atomic E-state index is -0.414. The zero-order valence-electron chi connectivity index (χ0n) is 18.8. The van der Waals surface area contributed by atoms with Crippen molar-refractivity contribution in [3.63, 3.8) is 0 Å². The molecule has 0 spiro atoms. The Hall–Kier alpha value is -3.88. The van der Waals surface area contributed by atoms with E-state index in [0.29, 0.717) is 29.1 Å². The number of ether oxygens (including phenoxy) is 2. The van der Waals surface area contributed by atoms with E-state index in [1.54, 1.807) is 42.2 Å². The largest absolute Gasteiger partial charge is 0.489 e. The quantitative estimate of drug-likeness (QED) is 0.342. The van der Waals surface area contributed by atoms with Gasteiger partial charge in [-0.1, -0.05) is 24.3 Å². The lowest BCUT2D eigenvalue weighted by Crippen LogP contribution is -2.40. The van der Waals surface area contributed by atoms with Gasteiger partial charge in [-0.05, 0) is 37.6 Å². The van der Waals surface area contributed by atoms with Crippen molar-refractivity contribution < 1.29 is 23.9 Å². The maximum atomic E-state index is 13.2. The van der Waals surface area contributed by atoms with Crippen molar-refractivity contribution in [1.29, 1.82) is 5.41 Å². The van der Waals surface area contributed by atoms with Crippen molar-refractivity contribution in [3.05, 3.63) is 59.2 Å². The smallest absolute Gasteiger partial charge is 0.307 e. The van der Waals surface area contributed by atoms with Gasteiger partial charge in [-0.25, -0.2) is 0 Å². The molecular weight excluding hydrogens is 424 g/mol. The molecule has 0 aromatic heterocycles. The maximum absolute atomic E-state index is 13.2. The Labute approximate surface area is 192 Å². The topological polar surface area (TPSA) is 126 Å². The molecule has 1 aliphatic heterocycles. The highest BCUT2D eigenvalue weighted by Gasteiger charge is 2.31. The van der Waals surface area contributed by atoms with Gasteiger partial charge in [0.1, 0.15) is 24.7 Å². The molecule has 0 saturated carbocycles. The number of amides is 2. The summed E-state index contributed by atoms with van der Waals surface area (Å²) in [5.41, 5.74) is 7.84. The first kappa shape index (κ1) is 23.8. The number of carbonyl (C=O) groups excluding carboxylic acids is 3. The molecule has 33 heavy (non-hydrogen) atoms. The Morgan fingerprint density at radius 1 is 1.12 bits per heavy atom. The van der Waals surface area contributed by atoms with Crippen LogP contribution in [0.25, 0.3) is 0 Å². The first-order valence-electron chi connectivity index (χ1n) is 10.8. The van der Waals surface area contributed by atoms with E-state index in [-0.39, 0.29) is 50.4 Å². The summed E-state index contributed by atoms with van der Waals surface area (Å²) in [5, 5.41) is 7.46. The van der Waals surface area contributed by atoms with E-state index in [9.17, 15) is 14.4 Å². The molecule has 2 aromatic rings. The number of hydrogen-bond acceptors (Lipinski definition) is 6. The van der Waals surface area contributed by atoms with Gasteiger partial charge in [0.05, 0.1) is 24.3 Å². The minimum Gasteiger partial charge on any atom is -0.489 e. The Balaban J connectivity index is 1.80. The number of anilines is 1. The number of nitrogens with one attached hydrogen (secondary N) is 1. The van der Waals surface area contributed by atoms with Crippen molar-refractivity contribution in [2.45, 2.75) is 26.9 Å². The fourth-order valence-electron chi connectivity index (χ4n) is 3.57. The molecule has 2 amide bonds. The van der Waals surface area contributed by atoms with Crippen LogP contribution in [0.3, 0.4) is 0 Å². The molecular formula is C24H28N4O5. The van der Waals surface area contributed by atoms with E-state index in [1.165, 1.54) is 4.90 Å². The number of nitrogen functional groups attached to an aromatic ring is 1. The van der Waals surface area contributed by atoms with Crippen LogP contribution in [0.15, 0.2) is 42.5 Å². The Bertz CT molecular complexity index is 1050. The van der Waals surface area contributed by atoms with Gasteiger partial charge in [0.25, 0.3) is 5.91 Å². The monoisotopic (exact) mass is 452 g/mol. The predicted octanol–water partition coefficient (Wildman–Crippen LogP) is 2.31. The van der Waals surface area contributed by atoms with Gasteiger partial charge in [-0.2, -0.15) is 0 Å². The highest BCUT2D eigenvalue weighted by Crippen LogP contribution is 2.30. The van der Waals surface area contributed by atoms with Crippen LogP contribution in [0.4, 0.5) is 5.69 Å². The van der Waals surface area contributed by atoms with Gasteiger partial charge in [0.2, 0.25) is 5.91 Å². The summed E-state index contributed by atoms with van der Waals surface area (Å²) >= 11 is 0. The summed E-state index contributed by atoms with van der Waals surface area (Å²) in [6, 6.07) is 12.2. The molecule has 174 valence electrons. The summed E-state index contributed by atoms with van der Waals surface area (Å²) < 4.78 is 10.8. The molecule has 0 fully saturated rings. The second kappa shape index (κ2) is 10.6. The number of fused-ring (bicyclic) bond motifs is 1. The van der Waals surface area contributed by atoms with Crippen LogP contribution in [0.1, 0.15) is 41.8 Å². The first-order chi connectivity index (χ1) is 15.8. The molecule has 1 aliphatic rings. The minimum absolute atomic E-state index is 0.00531. The van der Waals surface area contributed by atoms with E-state index in [1.807, 2.05) is 19.1 Å². The van der Waals surface area contributed by atoms with E-state index >= 15 is 0 Å². The van der Waals surface area contributed by atoms with Gasteiger partial charge in [0.15, 0.2) is 0 Å². The second-order valence-corrected chi connectivity index (χ2v) is 7.50. The third-order valence-corrected chi connectivity index (χ3v) is 5.28. The molecule has 0 aliphatic carbocycles. The molecule has 0 unspecified atom stereocenters. The molecule has 0 atom stereocenters. The fourth-order valence-corrected chi connectivity index (χ4v) is 3.57. The second-order valence-electron chi connectivity index (χ2n) is 7.50. The van der Waals surface area contributed by atoms with E-state index < -0.39 is 5.97 Å². The lowest BCUT2D eigenvalue weighted by atomic mass is 10.1. The summed E-state index contributed by atoms with van der Waals surface area (Å²) in [4.78, 5) is 40.7. The summed E-state index contributed by atoms with van der Waals surface area (Å²) in [6.45, 7) is 4.47. The molecule has 2 aromatic carbocycles. The Morgan fingerprint density at radius 3 is 2.48 bits per heavy atom. The van der Waals surface area contributed by atoms with Crippen LogP contribution in [-0.2, 0) is 20.9 Å². The van der Waals surface area contributed by atoms with Crippen LogP contribution in [-0.4, -0.2) is 54.8 Å². The molecule has 1 heterocycles. The predicted molar refractivity (Wildman–Crippen MR) is 123 cm³/mol. The summed E-state index contributed by atoms with van der Waals surface area (Å²) in [6.07, 6.45) is 0.0147. The van der Waals surface area contributed by atoms with E-state index in [2.05, 4.69) is 0 Å². The van der Waals surface area contributed by atoms with Gasteiger partial charge in [0, 0.05) is 18.7 Å². The third-order valence-electron chi connectivity index (χ3n) is 5.28. The van der Waals surface area contributed by atoms with Crippen LogP contribution < -0.4 is 15.4 Å². The number of likely N-dealkylation sites (N-methyl/N-ethyl adjacent to an activating group) is 1. The number of nitrogens with zero attached hydrogens (tertiary/aromatic N) is 2. The maximum Gasteiger partial charge on any atom is 0.307 e. The van der Waals surface area contributed by atoms with Crippen molar-refractivity contribution in [2.75, 3.05) is 31.1 Å². The lowest BCUT2D eigenvalue weighted by molar-refractivity contribution is -0.143. The van der Waals surface area contributed by atoms with Crippen molar-refractivity contribution in [2.24, 2.45) is 5.73 Å². The standard InChI is InChI=1S/C24H28N4O5/c1-3-28-20-10-9-18(33-15-16-5-7-17(8-6-16)23(25)26)13-19(20)24(31)27(14-21(28)29)12-11-22(30)32-4-2/h5-10,13H,3-4,11-12,14-15H2,1-2H3,(H3,25,26). The average molecular weight is 453 g/mol. The van der Waals surface area contributed by atoms with Gasteiger partial charge < -0.3 is 25.0 Å². The van der Waals surface area contributed by atoms with Crippen LogP contribution in [0.2, 0.25) is 0 Å². The molecule has 9 heteroatoms. The molecule has 3 N–H and O–H groups in total. The van der Waals surface area contributed by atoms with Crippen molar-refractivity contribution >= 4 is 29.3 Å². The van der Waals surface area contributed by atoms with Gasteiger partial charge >= 0.3 is 5.97 Å². The zero-order chi connectivity index (χ0) is 24.0. The van der Waals surface area contributed by atoms with Crippen molar-refractivity contribution in [1.82, 2.24) is 4.90 Å². The SMILES string of the molecule is CCOC(=O)CCN1CC(=O)N(CC)c2ccc(OCc3ccc(C(=N)N)cc3)cc2C1=O. The Morgan fingerprint density at radius 2 is 1.85 bits per heavy atom. The highest BCUT2D eigenvalue weighted by atomic mass is 16.5. The number of benzene rings is 2. The van der Waals surface area contributed by atoms with Gasteiger partial charge in [-0.3, -0.25) is 19.8 Å². The number of rotatable bonds is 9. The van der Waals surface area contributed by atoms with E-state index in [4.69, 9.17) is 20.6 Å². The fraction of sp³-hybridized carbons (Fsp3) is 0.333. The van der Waals surface area contributed by atoms with Crippen LogP contribution >= 0.6 is 0 Å². The number of carbonyl (C=O) groups is 3. The molecule has 9 nitrogen and oxygen atoms in total. The highest BCUT2D eigenvalue weighted by molar-refractivity contribution is 6.10. The number of hydrogen-bond donors (Lipinski definition) is 2. The zero-order valence-corrected chi connectivity index (χ0v) is 18.8. The molecule has 0 saturated heterocycles. The molecule has 0 radical (unpaired) electrons. The van der Waals surface area contributed by atoms with Crippen LogP contribution in [0.5, 0.6) is 5.75 Å². The molecule has 3 rings (SSSR count). The first-order valence-corrected chi connectivity index (χ1v) is 10.8. The number of nitrogens with two attached hydrogens (primary N) is 1. The van der Waals surface area contributed by atoms with Gasteiger partial charge in [-0.15, -0.1) is 0 Å².